The van der Waals surface area contributed by atoms with Crippen molar-refractivity contribution >= 4 is 146 Å². The summed E-state index contributed by atoms with van der Waals surface area (Å²) in [5.41, 5.74) is 11.5. The van der Waals surface area contributed by atoms with Gasteiger partial charge < -0.3 is 49.5 Å². The minimum Gasteiger partial charge on any atom is -0.550 e. The Morgan fingerprint density at radius 3 is 0.991 bits per heavy atom. The number of carbonyl (C=O) groups is 12. The van der Waals surface area contributed by atoms with Crippen molar-refractivity contribution in [1.29, 1.82) is 0 Å². The molecule has 10 heterocycles. The quantitative estimate of drug-likeness (QED) is 0.0514. The summed E-state index contributed by atoms with van der Waals surface area (Å²) in [5.74, 6) is -5.20. The van der Waals surface area contributed by atoms with Crippen LogP contribution < -0.4 is 90.1 Å². The number of imide groups is 4. The molecule has 0 aliphatic carbocycles. The second-order valence-electron chi connectivity index (χ2n) is 22.5. The van der Waals surface area contributed by atoms with E-state index in [1.54, 1.807) is 160 Å². The Morgan fingerprint density at radius 2 is 0.714 bits per heavy atom. The number of benzene rings is 5. The third kappa shape index (κ3) is 20.9. The van der Waals surface area contributed by atoms with Gasteiger partial charge in [0.25, 0.3) is 64.3 Å². The van der Waals surface area contributed by atoms with Gasteiger partial charge >= 0.3 is 41.5 Å². The number of carbonyl (C=O) groups excluding carboxylic acids is 11. The van der Waals surface area contributed by atoms with Gasteiger partial charge in [-0.2, -0.15) is 0 Å². The van der Waals surface area contributed by atoms with Crippen LogP contribution in [0, 0.1) is 20.8 Å². The van der Waals surface area contributed by atoms with Gasteiger partial charge in [0.1, 0.15) is 11.4 Å². The predicted octanol–water partition coefficient (Wildman–Crippen LogP) is 5.87. The fourth-order valence-electron chi connectivity index (χ4n) is 10.5. The Labute approximate surface area is 685 Å². The number of cyclic esters (lactones) is 2. The number of nitrogen functional groups attached to an aromatic ring is 1. The summed E-state index contributed by atoms with van der Waals surface area (Å²) < 4.78 is 24.2. The van der Waals surface area contributed by atoms with E-state index in [4.69, 9.17) is 44.5 Å². The van der Waals surface area contributed by atoms with Crippen molar-refractivity contribution in [3.63, 3.8) is 0 Å². The molecule has 5 aliphatic rings. The number of halogens is 3. The third-order valence-electron chi connectivity index (χ3n) is 15.4. The third-order valence-corrected chi connectivity index (χ3v) is 15.4. The number of nitrogens with two attached hydrogens (primary N) is 1. The molecule has 112 heavy (non-hydrogen) atoms. The van der Waals surface area contributed by atoms with E-state index >= 15 is 0 Å². The molecule has 0 unspecified atom stereocenters. The van der Waals surface area contributed by atoms with Gasteiger partial charge in [-0.15, -0.1) is 46.4 Å². The van der Waals surface area contributed by atoms with Gasteiger partial charge in [-0.1, -0.05) is 60.7 Å². The van der Waals surface area contributed by atoms with Crippen molar-refractivity contribution in [1.82, 2.24) is 24.9 Å². The molecule has 5 aromatic carbocycles. The number of aromatic hydroxyl groups is 1. The van der Waals surface area contributed by atoms with Gasteiger partial charge in [0.2, 0.25) is 23.5 Å². The summed E-state index contributed by atoms with van der Waals surface area (Å²) in [6, 6.07) is 48.4. The average molecular weight is 1690 g/mol. The topological polar surface area (TPSA) is 458 Å². The number of rotatable bonds is 8. The van der Waals surface area contributed by atoms with Gasteiger partial charge in [-0.25, -0.2) is 44.1 Å². The molecule has 0 radical (unpaired) electrons. The van der Waals surface area contributed by atoms with Crippen LogP contribution in [0.4, 0.5) is 28.4 Å². The number of hydrogen-bond donors (Lipinski definition) is 5. The molecule has 36 heteroatoms. The molecule has 0 spiro atoms. The second-order valence-corrected chi connectivity index (χ2v) is 22.5. The van der Waals surface area contributed by atoms with Gasteiger partial charge in [-0.05, 0) is 125 Å². The van der Waals surface area contributed by atoms with E-state index in [-0.39, 0.29) is 128 Å². The summed E-state index contributed by atoms with van der Waals surface area (Å²) in [7, 11) is 6.00. The number of aromatic nitrogens is 5. The number of hydrogen-bond acceptors (Lipinski definition) is 25. The number of H-pyrrole nitrogens is 2. The molecule has 574 valence electrons. The molecule has 5 aromatic heterocycles. The maximum absolute atomic E-state index is 12.4. The zero-order chi connectivity index (χ0) is 79.0. The molecule has 10 aromatic rings. The van der Waals surface area contributed by atoms with Crippen LogP contribution in [-0.2, 0) is 14.3 Å². The molecule has 8 amide bonds. The number of esters is 2. The van der Waals surface area contributed by atoms with E-state index in [2.05, 4.69) is 29.7 Å². The molecule has 5 aliphatic heterocycles. The molecule has 0 saturated carbocycles. The fourth-order valence-corrected chi connectivity index (χ4v) is 10.5. The number of aryl methyl sites for hydroxylation is 3. The standard InChI is InChI=1S/2C15H12N2O3.C14H10N2O4.C13H8N2O4.C8H4O3.C7H10N2O.2C2H4O2.2BrH.ClH.Na/c2*1-9-12(7-8-13(16-9)20-2)17-14(18)10-5-3-4-6-11(10)15(17)19;1-20-11-7-6-10(12(17)15-11)16-13(18)8-4-2-3-5-9(8)14(16)19;16-10-6-5-9(11(17)14-10)15-12(18)7-3-1-2-4-8(7)13(15)19;9-7-5-3-1-2-4-6(5)8(10)11-7;1-5-3-4-6(8)7(9-5)10-2;2*1-2(3)4;;;;/h2*3-8H,1-2H3;2-7H,1H3,(H,15,17);1-6H,(H2,14,16,17);1-4H;3-4H,8H2,1-2H3;2*1H3,(H,3,4);3*1H;/q;;;;;;;;;;;+1/p-1. The van der Waals surface area contributed by atoms with Crippen molar-refractivity contribution in [2.24, 2.45) is 0 Å². The van der Waals surface area contributed by atoms with Gasteiger partial charge in [-0.3, -0.25) is 62.7 Å². The monoisotopic (exact) mass is 1690 g/mol. The van der Waals surface area contributed by atoms with E-state index in [1.807, 2.05) is 13.0 Å². The van der Waals surface area contributed by atoms with E-state index in [0.29, 0.717) is 90.6 Å². The maximum Gasteiger partial charge on any atom is 1.00 e. The number of carboxylic acid groups (broad SMARTS) is 2. The van der Waals surface area contributed by atoms with Crippen LogP contribution in [0.3, 0.4) is 0 Å². The van der Waals surface area contributed by atoms with Crippen molar-refractivity contribution < 1.29 is 126 Å². The van der Waals surface area contributed by atoms with Crippen molar-refractivity contribution in [2.75, 3.05) is 53.8 Å². The van der Waals surface area contributed by atoms with E-state index in [9.17, 15) is 62.6 Å². The van der Waals surface area contributed by atoms with Crippen LogP contribution in [0.15, 0.2) is 192 Å². The molecule has 6 N–H and O–H groups in total. The molecule has 0 saturated heterocycles. The van der Waals surface area contributed by atoms with Crippen LogP contribution in [0.2, 0.25) is 0 Å². The predicted molar refractivity (Wildman–Crippen MR) is 412 cm³/mol. The van der Waals surface area contributed by atoms with Crippen molar-refractivity contribution in [2.45, 2.75) is 34.6 Å². The number of fused-ring (bicyclic) bond motifs is 5. The minimum absolute atomic E-state index is 0. The van der Waals surface area contributed by atoms with Crippen LogP contribution in [0.5, 0.6) is 29.4 Å². The van der Waals surface area contributed by atoms with Gasteiger partial charge in [0.15, 0.2) is 5.88 Å². The number of methoxy groups -OCH3 is 4. The largest absolute Gasteiger partial charge is 1.00 e. The summed E-state index contributed by atoms with van der Waals surface area (Å²) in [6.45, 7) is 7.42. The number of nitrogens with zero attached hydrogens (tertiary/aromatic N) is 7. The van der Waals surface area contributed by atoms with E-state index in [1.165, 1.54) is 51.7 Å². The zero-order valence-electron chi connectivity index (χ0n) is 60.8. The smallest absolute Gasteiger partial charge is 0.550 e. The minimum atomic E-state index is -1.08. The average Bonchev–Trinajstić information content (AvgIpc) is 1.64. The number of aromatic amines is 2. The number of ether oxygens (including phenoxy) is 5. The summed E-state index contributed by atoms with van der Waals surface area (Å²) in [4.78, 5) is 182. The Bertz CT molecular complexity index is 5110. The maximum atomic E-state index is 12.4. The molecule has 0 atom stereocenters. The first-order valence-electron chi connectivity index (χ1n) is 31.6. The first-order chi connectivity index (χ1) is 51.5. The summed E-state index contributed by atoms with van der Waals surface area (Å²) in [5, 5.41) is 26.0. The molecule has 15 rings (SSSR count). The summed E-state index contributed by atoms with van der Waals surface area (Å²) in [6.07, 6.45) is 0. The molecule has 0 bridgehead atoms. The van der Waals surface area contributed by atoms with Crippen molar-refractivity contribution in [3.05, 3.63) is 275 Å². The first kappa shape index (κ1) is 91.5. The first-order valence-corrected chi connectivity index (χ1v) is 31.6. The Hall–Kier alpha value is -12.9. The number of pyridine rings is 5. The fraction of sp³-hybridized carbons (Fsp3) is 0.118. The number of anilines is 5. The number of aliphatic carboxylic acids is 2. The Balaban J connectivity index is 0.000000280. The zero-order valence-corrected chi connectivity index (χ0v) is 67.1. The van der Waals surface area contributed by atoms with Gasteiger partial charge in [0, 0.05) is 42.9 Å². The number of carboxylic acids is 2. The number of nitrogens with one attached hydrogen (secondary N) is 2. The van der Waals surface area contributed by atoms with Crippen molar-refractivity contribution in [3.8, 4) is 29.4 Å². The molecular formula is C76H66Br2ClN10NaO22. The van der Waals surface area contributed by atoms with Crippen LogP contribution in [-0.4, -0.2) is 135 Å². The van der Waals surface area contributed by atoms with Crippen LogP contribution >= 0.6 is 46.4 Å². The second kappa shape index (κ2) is 41.1. The molecule has 32 nitrogen and oxygen atoms in total. The van der Waals surface area contributed by atoms with E-state index in [0.717, 1.165) is 45.2 Å². The van der Waals surface area contributed by atoms with Crippen LogP contribution in [0.1, 0.15) is 135 Å². The SMILES string of the molecule is Br.Br.CC(=O)O.CC(=O)[O-].COc1ccc(N2C(=O)c3ccccc3C2=O)c(=O)[nH]1.COc1ccc(N2C(=O)c3ccccc3C2=O)c(C)n1.COc1ccc(N2C(=O)c3ccccc3C2=O)c(C)n1.COc1nc(C)ccc1N.Cl.O=C1OC(=O)c2ccccc21.O=C1c2ccccc2C(=O)N1c1ccc(=O)[nH]c1O.[Na+]. The van der Waals surface area contributed by atoms with E-state index < -0.39 is 64.5 Å². The van der Waals surface area contributed by atoms with Crippen LogP contribution in [0.25, 0.3) is 0 Å². The molecular weight excluding hydrogens is 1620 g/mol. The van der Waals surface area contributed by atoms with Gasteiger partial charge in [0.05, 0.1) is 113 Å². The Kier molecular flexibility index (Phi) is 33.6. The molecule has 0 fully saturated rings. The number of amides is 8. The summed E-state index contributed by atoms with van der Waals surface area (Å²) >= 11 is 0. The normalized spacial score (nSPS) is 12.3. The Morgan fingerprint density at radius 1 is 0.420 bits per heavy atom.